The van der Waals surface area contributed by atoms with Gasteiger partial charge in [0.1, 0.15) is 23.3 Å². The van der Waals surface area contributed by atoms with Crippen LogP contribution in [0.4, 0.5) is 0 Å². The number of ketones is 1. The van der Waals surface area contributed by atoms with Crippen LogP contribution >= 0.6 is 0 Å². The molecule has 0 spiro atoms. The minimum absolute atomic E-state index is 0.00774. The molecule has 1 fully saturated rings. The van der Waals surface area contributed by atoms with E-state index in [-0.39, 0.29) is 11.3 Å². The fraction of sp³-hybridized carbons (Fsp3) is 0.423. The molecule has 34 heavy (non-hydrogen) atoms. The zero-order chi connectivity index (χ0) is 24.7. The lowest BCUT2D eigenvalue weighted by Gasteiger charge is -2.27. The number of rotatable bonds is 11. The number of benzene rings is 1. The lowest BCUT2D eigenvalue weighted by molar-refractivity contribution is -0.140. The van der Waals surface area contributed by atoms with E-state index in [0.717, 1.165) is 13.1 Å². The molecule has 2 aromatic rings. The number of pyridine rings is 1. The molecule has 0 bridgehead atoms. The van der Waals surface area contributed by atoms with Gasteiger partial charge in [0, 0.05) is 25.4 Å². The largest absolute Gasteiger partial charge is 0.507 e. The molecular weight excluding hydrogens is 434 g/mol. The summed E-state index contributed by atoms with van der Waals surface area (Å²) in [7, 11) is 0. The van der Waals surface area contributed by atoms with E-state index in [0.29, 0.717) is 49.1 Å². The SMILES string of the molecule is CCOc1ccc(/C(O)=C2/C(=O)C(=O)N(CCN(CC)CC)C2c2ccccn2)c(OCC)c1. The van der Waals surface area contributed by atoms with Crippen molar-refractivity contribution in [3.8, 4) is 11.5 Å². The molecule has 1 aromatic heterocycles. The van der Waals surface area contributed by atoms with Gasteiger partial charge in [-0.1, -0.05) is 19.9 Å². The van der Waals surface area contributed by atoms with E-state index in [4.69, 9.17) is 9.47 Å². The van der Waals surface area contributed by atoms with E-state index in [1.54, 1.807) is 42.6 Å². The second-order valence-corrected chi connectivity index (χ2v) is 7.80. The third-order valence-corrected chi connectivity index (χ3v) is 5.88. The Labute approximate surface area is 200 Å². The first kappa shape index (κ1) is 25.2. The number of hydrogen-bond acceptors (Lipinski definition) is 7. The Hall–Kier alpha value is -3.39. The van der Waals surface area contributed by atoms with Crippen LogP contribution < -0.4 is 9.47 Å². The number of nitrogens with zero attached hydrogens (tertiary/aromatic N) is 3. The number of aliphatic hydroxyl groups excluding tert-OH is 1. The Morgan fingerprint density at radius 3 is 2.41 bits per heavy atom. The molecule has 182 valence electrons. The minimum Gasteiger partial charge on any atom is -0.507 e. The quantitative estimate of drug-likeness (QED) is 0.306. The molecule has 0 saturated carbocycles. The van der Waals surface area contributed by atoms with E-state index < -0.39 is 17.7 Å². The zero-order valence-electron chi connectivity index (χ0n) is 20.3. The molecular formula is C26H33N3O5. The van der Waals surface area contributed by atoms with E-state index in [1.807, 2.05) is 13.8 Å². The summed E-state index contributed by atoms with van der Waals surface area (Å²) >= 11 is 0. The van der Waals surface area contributed by atoms with Gasteiger partial charge in [0.15, 0.2) is 0 Å². The minimum atomic E-state index is -0.794. The highest BCUT2D eigenvalue weighted by Gasteiger charge is 2.46. The van der Waals surface area contributed by atoms with Crippen molar-refractivity contribution in [1.29, 1.82) is 0 Å². The van der Waals surface area contributed by atoms with Gasteiger partial charge in [-0.2, -0.15) is 0 Å². The third kappa shape index (κ3) is 5.22. The van der Waals surface area contributed by atoms with E-state index in [1.165, 1.54) is 4.90 Å². The van der Waals surface area contributed by atoms with Gasteiger partial charge in [0.2, 0.25) is 0 Å². The summed E-state index contributed by atoms with van der Waals surface area (Å²) in [5, 5.41) is 11.4. The number of likely N-dealkylation sites (tertiary alicyclic amines) is 1. The second-order valence-electron chi connectivity index (χ2n) is 7.80. The summed E-state index contributed by atoms with van der Waals surface area (Å²) < 4.78 is 11.3. The number of aliphatic hydroxyl groups is 1. The molecule has 1 unspecified atom stereocenters. The maximum absolute atomic E-state index is 13.2. The summed E-state index contributed by atoms with van der Waals surface area (Å²) in [6.45, 7) is 11.3. The number of aromatic nitrogens is 1. The summed E-state index contributed by atoms with van der Waals surface area (Å²) in [6, 6.07) is 9.56. The smallest absolute Gasteiger partial charge is 0.295 e. The Balaban J connectivity index is 2.12. The number of Topliss-reactive ketones (excluding diaryl/α,β-unsaturated/α-hetero) is 1. The van der Waals surface area contributed by atoms with Gasteiger partial charge in [0.05, 0.1) is 30.0 Å². The van der Waals surface area contributed by atoms with Crippen molar-refractivity contribution >= 4 is 17.4 Å². The number of ether oxygens (including phenoxy) is 2. The lowest BCUT2D eigenvalue weighted by atomic mass is 9.97. The van der Waals surface area contributed by atoms with E-state index in [9.17, 15) is 14.7 Å². The van der Waals surface area contributed by atoms with Crippen LogP contribution in [0.25, 0.3) is 5.76 Å². The average molecular weight is 468 g/mol. The van der Waals surface area contributed by atoms with Crippen molar-refractivity contribution in [3.63, 3.8) is 0 Å². The highest BCUT2D eigenvalue weighted by atomic mass is 16.5. The molecule has 1 aliphatic rings. The second kappa shape index (κ2) is 11.7. The predicted molar refractivity (Wildman–Crippen MR) is 130 cm³/mol. The topological polar surface area (TPSA) is 92.2 Å². The average Bonchev–Trinajstić information content (AvgIpc) is 3.10. The van der Waals surface area contributed by atoms with Crippen LogP contribution in [0.5, 0.6) is 11.5 Å². The van der Waals surface area contributed by atoms with Gasteiger partial charge in [-0.3, -0.25) is 14.6 Å². The number of amides is 1. The molecule has 1 atom stereocenters. The van der Waals surface area contributed by atoms with Crippen molar-refractivity contribution < 1.29 is 24.2 Å². The first-order chi connectivity index (χ1) is 16.5. The Morgan fingerprint density at radius 2 is 1.79 bits per heavy atom. The maximum atomic E-state index is 13.2. The van der Waals surface area contributed by atoms with Gasteiger partial charge >= 0.3 is 0 Å². The van der Waals surface area contributed by atoms with Crippen LogP contribution in [0.3, 0.4) is 0 Å². The fourth-order valence-corrected chi connectivity index (χ4v) is 4.12. The summed E-state index contributed by atoms with van der Waals surface area (Å²) in [4.78, 5) is 34.4. The van der Waals surface area contributed by atoms with Crippen LogP contribution in [0.2, 0.25) is 0 Å². The van der Waals surface area contributed by atoms with Crippen molar-refractivity contribution in [3.05, 3.63) is 59.4 Å². The third-order valence-electron chi connectivity index (χ3n) is 5.88. The normalized spacial score (nSPS) is 17.4. The highest BCUT2D eigenvalue weighted by Crippen LogP contribution is 2.40. The van der Waals surface area contributed by atoms with Crippen molar-refractivity contribution in [2.45, 2.75) is 33.7 Å². The molecule has 0 aliphatic carbocycles. The Kier molecular flexibility index (Phi) is 8.65. The van der Waals surface area contributed by atoms with Crippen molar-refractivity contribution in [2.75, 3.05) is 39.4 Å². The molecule has 0 radical (unpaired) electrons. The lowest BCUT2D eigenvalue weighted by Crippen LogP contribution is -2.38. The number of carbonyl (C=O) groups excluding carboxylic acids is 2. The molecule has 2 heterocycles. The van der Waals surface area contributed by atoms with Crippen LogP contribution in [-0.2, 0) is 9.59 Å². The van der Waals surface area contributed by atoms with Crippen molar-refractivity contribution in [1.82, 2.24) is 14.8 Å². The van der Waals surface area contributed by atoms with Crippen molar-refractivity contribution in [2.24, 2.45) is 0 Å². The predicted octanol–water partition coefficient (Wildman–Crippen LogP) is 3.64. The molecule has 8 nitrogen and oxygen atoms in total. The van der Waals surface area contributed by atoms with Crippen LogP contribution in [-0.4, -0.2) is 71.0 Å². The first-order valence-electron chi connectivity index (χ1n) is 11.8. The fourth-order valence-electron chi connectivity index (χ4n) is 4.12. The summed E-state index contributed by atoms with van der Waals surface area (Å²) in [5.41, 5.74) is 0.855. The standard InChI is InChI=1S/C26H33N3O5/c1-5-28(6-2)15-16-29-23(20-11-9-10-14-27-20)22(25(31)26(29)32)24(30)19-13-12-18(33-7-3)17-21(19)34-8-4/h9-14,17,23,30H,5-8,15-16H2,1-4H3/b24-22-. The Bertz CT molecular complexity index is 1030. The molecule has 1 aliphatic heterocycles. The zero-order valence-corrected chi connectivity index (χ0v) is 20.3. The number of likely N-dealkylation sites (N-methyl/N-ethyl adjacent to an activating group) is 1. The van der Waals surface area contributed by atoms with Crippen LogP contribution in [0.1, 0.15) is 45.0 Å². The molecule has 1 saturated heterocycles. The molecule has 8 heteroatoms. The van der Waals surface area contributed by atoms with Gasteiger partial charge in [0.25, 0.3) is 11.7 Å². The van der Waals surface area contributed by atoms with Gasteiger partial charge in [-0.05, 0) is 51.2 Å². The molecule has 1 N–H and O–H groups in total. The first-order valence-corrected chi connectivity index (χ1v) is 11.8. The van der Waals surface area contributed by atoms with Gasteiger partial charge in [-0.25, -0.2) is 0 Å². The highest BCUT2D eigenvalue weighted by molar-refractivity contribution is 6.46. The van der Waals surface area contributed by atoms with E-state index in [2.05, 4.69) is 23.7 Å². The summed E-state index contributed by atoms with van der Waals surface area (Å²) in [6.07, 6.45) is 1.61. The van der Waals surface area contributed by atoms with Gasteiger partial charge in [-0.15, -0.1) is 0 Å². The monoisotopic (exact) mass is 467 g/mol. The molecule has 3 rings (SSSR count). The van der Waals surface area contributed by atoms with Crippen LogP contribution in [0.15, 0.2) is 48.2 Å². The van der Waals surface area contributed by atoms with Crippen LogP contribution in [0, 0.1) is 0 Å². The molecule has 1 aromatic carbocycles. The number of hydrogen-bond donors (Lipinski definition) is 1. The van der Waals surface area contributed by atoms with Gasteiger partial charge < -0.3 is 24.4 Å². The summed E-state index contributed by atoms with van der Waals surface area (Å²) in [5.74, 6) is -0.702. The maximum Gasteiger partial charge on any atom is 0.295 e. The number of carbonyl (C=O) groups is 2. The van der Waals surface area contributed by atoms with E-state index >= 15 is 0 Å². The Morgan fingerprint density at radius 1 is 1.06 bits per heavy atom. The molecule has 1 amide bonds.